The largest absolute Gasteiger partial charge is 0.480 e. The number of carboxylic acids is 1. The average Bonchev–Trinajstić information content (AvgIpc) is 2.66. The van der Waals surface area contributed by atoms with Crippen LogP contribution in [0.15, 0.2) is 0 Å². The minimum absolute atomic E-state index is 0.00542. The molecule has 0 aromatic carbocycles. The quantitative estimate of drug-likeness (QED) is 0.157. The summed E-state index contributed by atoms with van der Waals surface area (Å²) in [6, 6.07) is -4.79. The summed E-state index contributed by atoms with van der Waals surface area (Å²) in [5, 5.41) is 25.9. The lowest BCUT2D eigenvalue weighted by molar-refractivity contribution is -0.145. The van der Waals surface area contributed by atoms with E-state index in [1.165, 1.54) is 6.92 Å². The van der Waals surface area contributed by atoms with Crippen LogP contribution in [0.25, 0.3) is 0 Å². The molecule has 184 valence electrons. The second kappa shape index (κ2) is 13.6. The van der Waals surface area contributed by atoms with E-state index in [2.05, 4.69) is 16.0 Å². The highest BCUT2D eigenvalue weighted by atomic mass is 16.4. The molecule has 0 aromatic heterocycles. The van der Waals surface area contributed by atoms with Crippen LogP contribution in [-0.4, -0.2) is 70.1 Å². The first-order chi connectivity index (χ1) is 14.7. The van der Waals surface area contributed by atoms with Crippen LogP contribution in [0.4, 0.5) is 0 Å². The molecule has 5 atom stereocenters. The highest BCUT2D eigenvalue weighted by molar-refractivity contribution is 5.94. The number of aliphatic hydroxyl groups is 1. The zero-order chi connectivity index (χ0) is 25.2. The average molecular weight is 460 g/mol. The number of primary amides is 1. The summed E-state index contributed by atoms with van der Waals surface area (Å²) in [5.74, 6) is -4.50. The number of hydrogen-bond acceptors (Lipinski definition) is 7. The maximum absolute atomic E-state index is 12.9. The van der Waals surface area contributed by atoms with Gasteiger partial charge < -0.3 is 37.6 Å². The summed E-state index contributed by atoms with van der Waals surface area (Å²) < 4.78 is 0. The van der Waals surface area contributed by atoms with Gasteiger partial charge in [-0.15, -0.1) is 0 Å². The Hall–Kier alpha value is -2.73. The van der Waals surface area contributed by atoms with Crippen LogP contribution < -0.4 is 27.4 Å². The van der Waals surface area contributed by atoms with Gasteiger partial charge in [-0.3, -0.25) is 19.2 Å². The van der Waals surface area contributed by atoms with E-state index in [-0.39, 0.29) is 31.1 Å². The van der Waals surface area contributed by atoms with Gasteiger partial charge in [0.25, 0.3) is 0 Å². The van der Waals surface area contributed by atoms with Gasteiger partial charge >= 0.3 is 5.97 Å². The summed E-state index contributed by atoms with van der Waals surface area (Å²) in [6.07, 6.45) is -1.62. The Labute approximate surface area is 187 Å². The van der Waals surface area contributed by atoms with Crippen LogP contribution in [0.1, 0.15) is 53.9 Å². The van der Waals surface area contributed by atoms with Gasteiger partial charge in [-0.1, -0.05) is 27.7 Å². The third-order valence-corrected chi connectivity index (χ3v) is 4.72. The van der Waals surface area contributed by atoms with Gasteiger partial charge in [0.2, 0.25) is 23.6 Å². The number of hydrogen-bond donors (Lipinski definition) is 7. The molecule has 32 heavy (non-hydrogen) atoms. The van der Waals surface area contributed by atoms with Crippen LogP contribution in [0, 0.1) is 11.8 Å². The lowest BCUT2D eigenvalue weighted by atomic mass is 10.00. The van der Waals surface area contributed by atoms with Crippen molar-refractivity contribution in [3.8, 4) is 0 Å². The lowest BCUT2D eigenvalue weighted by Crippen LogP contribution is -2.58. The Morgan fingerprint density at radius 2 is 1.34 bits per heavy atom. The van der Waals surface area contributed by atoms with Gasteiger partial charge in [0.1, 0.15) is 12.1 Å². The van der Waals surface area contributed by atoms with E-state index < -0.39 is 59.9 Å². The van der Waals surface area contributed by atoms with E-state index in [4.69, 9.17) is 16.6 Å². The summed E-state index contributed by atoms with van der Waals surface area (Å²) in [6.45, 7) is 8.38. The van der Waals surface area contributed by atoms with Crippen LogP contribution >= 0.6 is 0 Å². The van der Waals surface area contributed by atoms with Gasteiger partial charge in [-0.2, -0.15) is 0 Å². The van der Waals surface area contributed by atoms with Crippen molar-refractivity contribution in [2.75, 3.05) is 0 Å². The molecule has 12 heteroatoms. The summed E-state index contributed by atoms with van der Waals surface area (Å²) in [5.41, 5.74) is 11.0. The van der Waals surface area contributed by atoms with Crippen molar-refractivity contribution in [3.05, 3.63) is 0 Å². The van der Waals surface area contributed by atoms with Gasteiger partial charge in [0.15, 0.2) is 6.04 Å². The second-order valence-electron chi connectivity index (χ2n) is 8.59. The molecule has 0 bridgehead atoms. The van der Waals surface area contributed by atoms with Gasteiger partial charge in [-0.25, -0.2) is 4.79 Å². The minimum atomic E-state index is -1.62. The first-order valence-corrected chi connectivity index (χ1v) is 10.5. The van der Waals surface area contributed by atoms with E-state index >= 15 is 0 Å². The molecule has 0 aromatic rings. The summed E-state index contributed by atoms with van der Waals surface area (Å²) in [4.78, 5) is 60.3. The second-order valence-corrected chi connectivity index (χ2v) is 8.59. The van der Waals surface area contributed by atoms with Crippen LogP contribution in [0.2, 0.25) is 0 Å². The molecule has 0 radical (unpaired) electrons. The predicted molar refractivity (Wildman–Crippen MR) is 116 cm³/mol. The topological polar surface area (TPSA) is 214 Å². The molecule has 9 N–H and O–H groups in total. The van der Waals surface area contributed by atoms with E-state index in [0.717, 1.165) is 0 Å². The molecule has 0 heterocycles. The number of carbonyl (C=O) groups excluding carboxylic acids is 4. The Morgan fingerprint density at radius 3 is 1.75 bits per heavy atom. The van der Waals surface area contributed by atoms with Crippen molar-refractivity contribution >= 4 is 29.6 Å². The highest BCUT2D eigenvalue weighted by Gasteiger charge is 2.32. The molecule has 0 aliphatic carbocycles. The predicted octanol–water partition coefficient (Wildman–Crippen LogP) is -1.80. The Bertz CT molecular complexity index is 681. The molecule has 0 saturated heterocycles. The standard InChI is InChI=1S/C20H37N5O7/c1-9(2)8-13(24-19(30)15(22)10(3)4)18(29)23-12(6-7-14(21)27)17(28)25-16(11(5)26)20(31)32/h9-13,15-16,26H,6-8,22H2,1-5H3,(H2,21,27)(H,23,29)(H,24,30)(H,25,28)(H,31,32). The van der Waals surface area contributed by atoms with Gasteiger partial charge in [0.05, 0.1) is 12.1 Å². The zero-order valence-electron chi connectivity index (χ0n) is 19.3. The fraction of sp³-hybridized carbons (Fsp3) is 0.750. The van der Waals surface area contributed by atoms with Crippen LogP contribution in [-0.2, 0) is 24.0 Å². The number of amides is 4. The summed E-state index contributed by atoms with van der Waals surface area (Å²) >= 11 is 0. The third-order valence-electron chi connectivity index (χ3n) is 4.72. The Kier molecular flexibility index (Phi) is 12.5. The zero-order valence-corrected chi connectivity index (χ0v) is 19.3. The molecule has 4 amide bonds. The molecule has 0 aliphatic rings. The maximum Gasteiger partial charge on any atom is 0.328 e. The number of aliphatic carboxylic acids is 1. The van der Waals surface area contributed by atoms with Crippen molar-refractivity contribution in [2.45, 2.75) is 84.2 Å². The number of carboxylic acid groups (broad SMARTS) is 1. The van der Waals surface area contributed by atoms with Gasteiger partial charge in [-0.05, 0) is 31.6 Å². The minimum Gasteiger partial charge on any atom is -0.480 e. The Morgan fingerprint density at radius 1 is 0.844 bits per heavy atom. The van der Waals surface area contributed by atoms with Gasteiger partial charge in [0, 0.05) is 6.42 Å². The van der Waals surface area contributed by atoms with Crippen molar-refractivity contribution in [3.63, 3.8) is 0 Å². The van der Waals surface area contributed by atoms with Crippen LogP contribution in [0.5, 0.6) is 0 Å². The maximum atomic E-state index is 12.9. The van der Waals surface area contributed by atoms with Crippen molar-refractivity contribution < 1.29 is 34.2 Å². The molecular weight excluding hydrogens is 422 g/mol. The number of aliphatic hydroxyl groups excluding tert-OH is 1. The molecule has 0 rings (SSSR count). The molecule has 0 fully saturated rings. The molecular formula is C20H37N5O7. The van der Waals surface area contributed by atoms with Crippen molar-refractivity contribution in [1.29, 1.82) is 0 Å². The monoisotopic (exact) mass is 459 g/mol. The summed E-state index contributed by atoms with van der Waals surface area (Å²) in [7, 11) is 0. The first-order valence-electron chi connectivity index (χ1n) is 10.5. The third kappa shape index (κ3) is 10.5. The molecule has 0 aliphatic heterocycles. The van der Waals surface area contributed by atoms with Crippen molar-refractivity contribution in [1.82, 2.24) is 16.0 Å². The first kappa shape index (κ1) is 29.3. The fourth-order valence-corrected chi connectivity index (χ4v) is 2.74. The van der Waals surface area contributed by atoms with Crippen LogP contribution in [0.3, 0.4) is 0 Å². The SMILES string of the molecule is CC(C)CC(NC(=O)C(N)C(C)C)C(=O)NC(CCC(N)=O)C(=O)NC(C(=O)O)C(C)O. The van der Waals surface area contributed by atoms with E-state index in [9.17, 15) is 29.1 Å². The lowest BCUT2D eigenvalue weighted by Gasteiger charge is -2.26. The molecule has 12 nitrogen and oxygen atoms in total. The molecule has 0 spiro atoms. The molecule has 0 saturated carbocycles. The van der Waals surface area contributed by atoms with E-state index in [1.807, 2.05) is 13.8 Å². The number of nitrogens with one attached hydrogen (secondary N) is 3. The smallest absolute Gasteiger partial charge is 0.328 e. The highest BCUT2D eigenvalue weighted by Crippen LogP contribution is 2.09. The van der Waals surface area contributed by atoms with E-state index in [0.29, 0.717) is 0 Å². The van der Waals surface area contributed by atoms with Crippen molar-refractivity contribution in [2.24, 2.45) is 23.3 Å². The molecule has 5 unspecified atom stereocenters. The Balaban J connectivity index is 5.58. The fourth-order valence-electron chi connectivity index (χ4n) is 2.74. The normalized spacial score (nSPS) is 15.9. The number of carbonyl (C=O) groups is 5. The number of rotatable bonds is 14. The van der Waals surface area contributed by atoms with E-state index in [1.54, 1.807) is 13.8 Å². The number of nitrogens with two attached hydrogens (primary N) is 2.